The first-order valence-electron chi connectivity index (χ1n) is 9.25. The van der Waals surface area contributed by atoms with Crippen LogP contribution in [0.25, 0.3) is 11.2 Å². The number of ether oxygens (including phenoxy) is 2. The van der Waals surface area contributed by atoms with Crippen LogP contribution in [-0.4, -0.2) is 66.4 Å². The van der Waals surface area contributed by atoms with E-state index in [1.807, 2.05) is 0 Å². The van der Waals surface area contributed by atoms with Crippen molar-refractivity contribution in [2.45, 2.75) is 57.6 Å². The van der Waals surface area contributed by atoms with Crippen LogP contribution < -0.4 is 10.5 Å². The summed E-state index contributed by atoms with van der Waals surface area (Å²) in [4.78, 5) is 12.7. The highest BCUT2D eigenvalue weighted by Crippen LogP contribution is 2.32. The minimum Gasteiger partial charge on any atom is -0.463 e. The Kier molecular flexibility index (Phi) is 6.10. The fraction of sp³-hybridized carbons (Fsp3) is 0.706. The summed E-state index contributed by atoms with van der Waals surface area (Å²) in [5.41, 5.74) is 6.64. The van der Waals surface area contributed by atoms with Crippen molar-refractivity contribution in [3.63, 3.8) is 0 Å². The molecule has 0 radical (unpaired) electrons. The predicted molar refractivity (Wildman–Crippen MR) is 96.9 cm³/mol. The number of aromatic nitrogens is 4. The zero-order valence-electron chi connectivity index (χ0n) is 15.5. The van der Waals surface area contributed by atoms with Gasteiger partial charge in [-0.15, -0.1) is 0 Å². The Morgan fingerprint density at radius 2 is 2.00 bits per heavy atom. The Balaban J connectivity index is 1.83. The van der Waals surface area contributed by atoms with Gasteiger partial charge in [0.15, 0.2) is 23.2 Å². The van der Waals surface area contributed by atoms with Crippen molar-refractivity contribution in [3.05, 3.63) is 6.33 Å². The normalized spacial score (nSPS) is 25.6. The molecule has 10 heteroatoms. The number of hydrogen-bond acceptors (Lipinski definition) is 9. The summed E-state index contributed by atoms with van der Waals surface area (Å²) in [5.74, 6) is 0.735. The largest absolute Gasteiger partial charge is 0.463 e. The molecule has 150 valence electrons. The van der Waals surface area contributed by atoms with E-state index in [1.54, 1.807) is 0 Å². The Labute approximate surface area is 157 Å². The van der Waals surface area contributed by atoms with Gasteiger partial charge in [0.25, 0.3) is 0 Å². The molecular formula is C17H27N5O5. The molecule has 0 spiro atoms. The SMILES string of the molecule is CCC(CC)CCOc1nc(N)c2ncn(C3O[C@@H](CO)[C@H](O)[C@@H]3O)c2n1. The van der Waals surface area contributed by atoms with E-state index in [-0.39, 0.29) is 11.8 Å². The second kappa shape index (κ2) is 8.34. The fourth-order valence-electron chi connectivity index (χ4n) is 3.29. The van der Waals surface area contributed by atoms with E-state index in [9.17, 15) is 15.3 Å². The van der Waals surface area contributed by atoms with Crippen molar-refractivity contribution in [2.75, 3.05) is 18.9 Å². The van der Waals surface area contributed by atoms with Gasteiger partial charge in [-0.2, -0.15) is 9.97 Å². The Morgan fingerprint density at radius 3 is 2.63 bits per heavy atom. The predicted octanol–water partition coefficient (Wildman–Crippen LogP) is 0.225. The van der Waals surface area contributed by atoms with E-state index in [2.05, 4.69) is 28.8 Å². The molecule has 27 heavy (non-hydrogen) atoms. The molecule has 4 atom stereocenters. The van der Waals surface area contributed by atoms with Crippen LogP contribution in [0.1, 0.15) is 39.3 Å². The molecule has 3 heterocycles. The zero-order valence-corrected chi connectivity index (χ0v) is 15.5. The van der Waals surface area contributed by atoms with E-state index in [1.165, 1.54) is 10.9 Å². The third-order valence-corrected chi connectivity index (χ3v) is 5.13. The molecule has 5 N–H and O–H groups in total. The number of nitrogens with zero attached hydrogens (tertiary/aromatic N) is 4. The number of fused-ring (bicyclic) bond motifs is 1. The Bertz CT molecular complexity index is 765. The van der Waals surface area contributed by atoms with E-state index < -0.39 is 31.1 Å². The van der Waals surface area contributed by atoms with Gasteiger partial charge in [0.05, 0.1) is 19.5 Å². The number of rotatable bonds is 8. The van der Waals surface area contributed by atoms with Gasteiger partial charge in [-0.3, -0.25) is 4.57 Å². The van der Waals surface area contributed by atoms with Gasteiger partial charge in [0, 0.05) is 0 Å². The molecule has 1 fully saturated rings. The standard InChI is InChI=1S/C17H27N5O5/c1-3-9(4-2)5-6-26-17-20-14(18)11-15(21-17)22(8-19-11)16-13(25)12(24)10(7-23)27-16/h8-10,12-13,16,23-25H,3-7H2,1-2H3,(H2,18,20,21)/t10-,12-,13-,16?/m0/s1. The number of imidazole rings is 1. The van der Waals surface area contributed by atoms with Crippen LogP contribution >= 0.6 is 0 Å². The number of aliphatic hydroxyl groups excluding tert-OH is 3. The third-order valence-electron chi connectivity index (χ3n) is 5.13. The lowest BCUT2D eigenvalue weighted by Crippen LogP contribution is -2.33. The lowest BCUT2D eigenvalue weighted by atomic mass is 10.0. The van der Waals surface area contributed by atoms with Gasteiger partial charge < -0.3 is 30.5 Å². The molecule has 1 aliphatic heterocycles. The minimum absolute atomic E-state index is 0.124. The number of hydrogen-bond donors (Lipinski definition) is 4. The highest BCUT2D eigenvalue weighted by atomic mass is 16.6. The number of aliphatic hydroxyl groups is 3. The van der Waals surface area contributed by atoms with Crippen LogP contribution in [0, 0.1) is 5.92 Å². The van der Waals surface area contributed by atoms with Crippen molar-refractivity contribution in [1.29, 1.82) is 0 Å². The molecule has 0 bridgehead atoms. The average Bonchev–Trinajstić information content (AvgIpc) is 3.21. The van der Waals surface area contributed by atoms with Crippen LogP contribution in [0.2, 0.25) is 0 Å². The van der Waals surface area contributed by atoms with Crippen LogP contribution in [-0.2, 0) is 4.74 Å². The molecule has 2 aromatic heterocycles. The summed E-state index contributed by atoms with van der Waals surface area (Å²) >= 11 is 0. The van der Waals surface area contributed by atoms with Crippen molar-refractivity contribution in [1.82, 2.24) is 19.5 Å². The molecule has 0 saturated carbocycles. The highest BCUT2D eigenvalue weighted by molar-refractivity contribution is 5.82. The number of nitrogen functional groups attached to an aromatic ring is 1. The van der Waals surface area contributed by atoms with Gasteiger partial charge in [-0.05, 0) is 12.3 Å². The average molecular weight is 381 g/mol. The lowest BCUT2D eigenvalue weighted by Gasteiger charge is -2.17. The summed E-state index contributed by atoms with van der Waals surface area (Å²) < 4.78 is 12.7. The monoisotopic (exact) mass is 381 g/mol. The first-order chi connectivity index (χ1) is 13.0. The second-order valence-electron chi connectivity index (χ2n) is 6.76. The summed E-state index contributed by atoms with van der Waals surface area (Å²) in [6, 6.07) is 0.124. The summed E-state index contributed by atoms with van der Waals surface area (Å²) in [7, 11) is 0. The molecule has 1 aliphatic rings. The van der Waals surface area contributed by atoms with Crippen LogP contribution in [0.15, 0.2) is 6.33 Å². The molecular weight excluding hydrogens is 354 g/mol. The molecule has 10 nitrogen and oxygen atoms in total. The quantitative estimate of drug-likeness (QED) is 0.504. The van der Waals surface area contributed by atoms with Crippen molar-refractivity contribution in [3.8, 4) is 6.01 Å². The first-order valence-corrected chi connectivity index (χ1v) is 9.25. The lowest BCUT2D eigenvalue weighted by molar-refractivity contribution is -0.0511. The van der Waals surface area contributed by atoms with Gasteiger partial charge in [-0.25, -0.2) is 4.98 Å². The van der Waals surface area contributed by atoms with Gasteiger partial charge in [0.2, 0.25) is 0 Å². The topological polar surface area (TPSA) is 149 Å². The molecule has 0 amide bonds. The van der Waals surface area contributed by atoms with E-state index in [0.29, 0.717) is 23.7 Å². The summed E-state index contributed by atoms with van der Waals surface area (Å²) in [5, 5.41) is 29.5. The van der Waals surface area contributed by atoms with Crippen molar-refractivity contribution in [2.24, 2.45) is 5.92 Å². The van der Waals surface area contributed by atoms with Crippen LogP contribution in [0.5, 0.6) is 6.01 Å². The van der Waals surface area contributed by atoms with Crippen LogP contribution in [0.4, 0.5) is 5.82 Å². The molecule has 1 saturated heterocycles. The molecule has 3 rings (SSSR count). The smallest absolute Gasteiger partial charge is 0.320 e. The summed E-state index contributed by atoms with van der Waals surface area (Å²) in [6.45, 7) is 4.35. The van der Waals surface area contributed by atoms with E-state index >= 15 is 0 Å². The van der Waals surface area contributed by atoms with Gasteiger partial charge in [0.1, 0.15) is 18.3 Å². The number of nitrogens with two attached hydrogens (primary N) is 1. The van der Waals surface area contributed by atoms with Crippen molar-refractivity contribution >= 4 is 17.0 Å². The second-order valence-corrected chi connectivity index (χ2v) is 6.76. The van der Waals surface area contributed by atoms with E-state index in [4.69, 9.17) is 15.2 Å². The molecule has 2 aromatic rings. The minimum atomic E-state index is -1.24. The molecule has 0 aromatic carbocycles. The van der Waals surface area contributed by atoms with Crippen LogP contribution in [0.3, 0.4) is 0 Å². The number of anilines is 1. The van der Waals surface area contributed by atoms with Gasteiger partial charge >= 0.3 is 6.01 Å². The maximum absolute atomic E-state index is 10.2. The van der Waals surface area contributed by atoms with E-state index in [0.717, 1.165) is 19.3 Å². The molecule has 0 aliphatic carbocycles. The maximum atomic E-state index is 10.2. The Morgan fingerprint density at radius 1 is 1.26 bits per heavy atom. The first kappa shape index (κ1) is 19.7. The fourth-order valence-corrected chi connectivity index (χ4v) is 3.29. The highest BCUT2D eigenvalue weighted by Gasteiger charge is 2.44. The summed E-state index contributed by atoms with van der Waals surface area (Å²) in [6.07, 6.45) is 0.167. The maximum Gasteiger partial charge on any atom is 0.320 e. The third kappa shape index (κ3) is 3.84. The zero-order chi connectivity index (χ0) is 19.6. The van der Waals surface area contributed by atoms with Gasteiger partial charge in [-0.1, -0.05) is 26.7 Å². The molecule has 1 unspecified atom stereocenters. The Hall–Kier alpha value is -2.01. The van der Waals surface area contributed by atoms with Crippen molar-refractivity contribution < 1.29 is 24.8 Å².